The third-order valence-corrected chi connectivity index (χ3v) is 4.80. The van der Waals surface area contributed by atoms with Gasteiger partial charge in [0.25, 0.3) is 5.91 Å². The van der Waals surface area contributed by atoms with E-state index >= 15 is 0 Å². The van der Waals surface area contributed by atoms with Crippen molar-refractivity contribution in [2.75, 3.05) is 18.8 Å². The fraction of sp³-hybridized carbons (Fsp3) is 0.263. The van der Waals surface area contributed by atoms with Crippen molar-refractivity contribution in [1.29, 1.82) is 0 Å². The minimum absolute atomic E-state index is 0. The molecule has 0 spiro atoms. The van der Waals surface area contributed by atoms with Gasteiger partial charge in [0.1, 0.15) is 5.03 Å². The largest absolute Gasteiger partial charge is 0.348 e. The van der Waals surface area contributed by atoms with E-state index in [0.29, 0.717) is 5.56 Å². The molecule has 1 aromatic heterocycles. The molecule has 4 nitrogen and oxygen atoms in total. The van der Waals surface area contributed by atoms with Crippen LogP contribution in [0.15, 0.2) is 59.8 Å². The van der Waals surface area contributed by atoms with Gasteiger partial charge in [-0.2, -0.15) is 0 Å². The van der Waals surface area contributed by atoms with Crippen LogP contribution in [0.5, 0.6) is 0 Å². The average molecular weight is 376 g/mol. The Balaban J connectivity index is 0.00000225. The minimum atomic E-state index is -0.0358. The number of aromatic nitrogens is 1. The zero-order chi connectivity index (χ0) is 16.6. The van der Waals surface area contributed by atoms with Crippen molar-refractivity contribution in [1.82, 2.24) is 15.6 Å². The average Bonchev–Trinajstić information content (AvgIpc) is 3.13. The van der Waals surface area contributed by atoms with Gasteiger partial charge in [-0.1, -0.05) is 42.5 Å². The maximum atomic E-state index is 12.5. The van der Waals surface area contributed by atoms with E-state index in [4.69, 9.17) is 0 Å². The number of halogens is 1. The first-order valence-corrected chi connectivity index (χ1v) is 9.12. The van der Waals surface area contributed by atoms with Crippen LogP contribution in [0.2, 0.25) is 0 Å². The molecule has 2 aromatic rings. The lowest BCUT2D eigenvalue weighted by atomic mass is 10.2. The van der Waals surface area contributed by atoms with Crippen molar-refractivity contribution in [3.8, 4) is 0 Å². The highest BCUT2D eigenvalue weighted by molar-refractivity contribution is 7.99. The molecule has 1 fully saturated rings. The summed E-state index contributed by atoms with van der Waals surface area (Å²) in [6, 6.07) is 14.0. The van der Waals surface area contributed by atoms with Gasteiger partial charge in [0.2, 0.25) is 0 Å². The highest BCUT2D eigenvalue weighted by Crippen LogP contribution is 2.20. The number of hydrogen-bond donors (Lipinski definition) is 2. The Morgan fingerprint density at radius 2 is 2.12 bits per heavy atom. The summed E-state index contributed by atoms with van der Waals surface area (Å²) in [5, 5.41) is 7.11. The van der Waals surface area contributed by atoms with Crippen molar-refractivity contribution in [2.24, 2.45) is 0 Å². The van der Waals surface area contributed by atoms with Crippen LogP contribution < -0.4 is 10.6 Å². The number of carbonyl (C=O) groups is 1. The Kier molecular flexibility index (Phi) is 7.98. The minimum Gasteiger partial charge on any atom is -0.348 e. The van der Waals surface area contributed by atoms with Gasteiger partial charge in [-0.05, 0) is 30.7 Å². The van der Waals surface area contributed by atoms with Crippen molar-refractivity contribution >= 4 is 36.2 Å². The molecule has 3 rings (SSSR count). The molecule has 132 valence electrons. The molecule has 1 atom stereocenters. The summed E-state index contributed by atoms with van der Waals surface area (Å²) < 4.78 is 0. The lowest BCUT2D eigenvalue weighted by molar-refractivity contribution is 0.0936. The lowest BCUT2D eigenvalue weighted by Crippen LogP contribution is -2.36. The van der Waals surface area contributed by atoms with E-state index in [1.807, 2.05) is 30.3 Å². The molecular weight excluding hydrogens is 354 g/mol. The maximum absolute atomic E-state index is 12.5. The fourth-order valence-electron chi connectivity index (χ4n) is 2.60. The van der Waals surface area contributed by atoms with E-state index in [1.54, 1.807) is 18.0 Å². The van der Waals surface area contributed by atoms with Crippen LogP contribution in [-0.2, 0) is 0 Å². The second-order valence-corrected chi connectivity index (χ2v) is 6.65. The Hall–Kier alpha value is -1.82. The third kappa shape index (κ3) is 5.88. The summed E-state index contributed by atoms with van der Waals surface area (Å²) in [5.41, 5.74) is 1.83. The molecule has 0 saturated carbocycles. The number of amides is 1. The van der Waals surface area contributed by atoms with Crippen molar-refractivity contribution in [3.63, 3.8) is 0 Å². The van der Waals surface area contributed by atoms with Gasteiger partial charge in [-0.25, -0.2) is 4.98 Å². The Bertz CT molecular complexity index is 703. The smallest absolute Gasteiger partial charge is 0.254 e. The number of carbonyl (C=O) groups excluding carboxylic acids is 1. The van der Waals surface area contributed by atoms with E-state index in [-0.39, 0.29) is 24.4 Å². The number of nitrogens with one attached hydrogen (secondary N) is 2. The number of thioether (sulfide) groups is 1. The molecule has 0 radical (unpaired) electrons. The van der Waals surface area contributed by atoms with Crippen LogP contribution in [-0.4, -0.2) is 35.8 Å². The SMILES string of the molecule is Cl.O=C(NC1CCNC1)c1cccnc1SC/C=C/c1ccccc1. The second-order valence-electron chi connectivity index (χ2n) is 5.64. The summed E-state index contributed by atoms with van der Waals surface area (Å²) >= 11 is 1.58. The standard InChI is InChI=1S/C19H21N3OS.ClH/c23-18(22-16-10-12-20-14-16)17-9-4-11-21-19(17)24-13-5-8-15-6-2-1-3-7-15;/h1-9,11,16,20H,10,12-14H2,(H,22,23);1H/b8-5+;. The van der Waals surface area contributed by atoms with Crippen LogP contribution in [0.25, 0.3) is 6.08 Å². The van der Waals surface area contributed by atoms with Crippen molar-refractivity contribution in [3.05, 3.63) is 65.9 Å². The van der Waals surface area contributed by atoms with E-state index in [9.17, 15) is 4.79 Å². The van der Waals surface area contributed by atoms with Gasteiger partial charge in [0, 0.05) is 24.5 Å². The van der Waals surface area contributed by atoms with Crippen LogP contribution in [0.4, 0.5) is 0 Å². The van der Waals surface area contributed by atoms with Gasteiger partial charge in [0.15, 0.2) is 0 Å². The third-order valence-electron chi connectivity index (χ3n) is 3.84. The zero-order valence-electron chi connectivity index (χ0n) is 13.9. The summed E-state index contributed by atoms with van der Waals surface area (Å²) in [7, 11) is 0. The van der Waals surface area contributed by atoms with Crippen molar-refractivity contribution in [2.45, 2.75) is 17.5 Å². The molecule has 2 heterocycles. The van der Waals surface area contributed by atoms with E-state index in [2.05, 4.69) is 39.9 Å². The Morgan fingerprint density at radius 1 is 1.28 bits per heavy atom. The van der Waals surface area contributed by atoms with E-state index < -0.39 is 0 Å². The van der Waals surface area contributed by atoms with Crippen LogP contribution in [0.3, 0.4) is 0 Å². The Labute approximate surface area is 158 Å². The molecule has 1 aliphatic heterocycles. The molecule has 1 aromatic carbocycles. The predicted molar refractivity (Wildman–Crippen MR) is 106 cm³/mol. The predicted octanol–water partition coefficient (Wildman–Crippen LogP) is 3.40. The first-order chi connectivity index (χ1) is 11.8. The number of pyridine rings is 1. The first kappa shape index (κ1) is 19.5. The molecule has 1 aliphatic rings. The molecule has 1 amide bonds. The van der Waals surface area contributed by atoms with Crippen molar-refractivity contribution < 1.29 is 4.79 Å². The van der Waals surface area contributed by atoms with Crippen LogP contribution in [0.1, 0.15) is 22.3 Å². The van der Waals surface area contributed by atoms with Crippen LogP contribution in [0, 0.1) is 0 Å². The zero-order valence-corrected chi connectivity index (χ0v) is 15.5. The normalized spacial score (nSPS) is 16.6. The highest BCUT2D eigenvalue weighted by atomic mass is 35.5. The lowest BCUT2D eigenvalue weighted by Gasteiger charge is -2.12. The molecule has 1 unspecified atom stereocenters. The number of benzene rings is 1. The summed E-state index contributed by atoms with van der Waals surface area (Å²) in [4.78, 5) is 16.8. The number of nitrogens with zero attached hydrogens (tertiary/aromatic N) is 1. The van der Waals surface area contributed by atoms with Gasteiger partial charge in [-0.15, -0.1) is 24.2 Å². The molecular formula is C19H22ClN3OS. The quantitative estimate of drug-likeness (QED) is 0.760. The highest BCUT2D eigenvalue weighted by Gasteiger charge is 2.19. The topological polar surface area (TPSA) is 54.0 Å². The van der Waals surface area contributed by atoms with Gasteiger partial charge in [0.05, 0.1) is 5.56 Å². The second kappa shape index (κ2) is 10.2. The fourth-order valence-corrected chi connectivity index (χ4v) is 3.40. The summed E-state index contributed by atoms with van der Waals surface area (Å²) in [5.74, 6) is 0.739. The monoisotopic (exact) mass is 375 g/mol. The van der Waals surface area contributed by atoms with Gasteiger partial charge >= 0.3 is 0 Å². The first-order valence-electron chi connectivity index (χ1n) is 8.14. The molecule has 6 heteroatoms. The summed E-state index contributed by atoms with van der Waals surface area (Å²) in [6.07, 6.45) is 6.89. The Morgan fingerprint density at radius 3 is 2.88 bits per heavy atom. The van der Waals surface area contributed by atoms with E-state index in [1.165, 1.54) is 5.56 Å². The number of rotatable bonds is 6. The molecule has 2 N–H and O–H groups in total. The van der Waals surface area contributed by atoms with Gasteiger partial charge < -0.3 is 10.6 Å². The molecule has 0 bridgehead atoms. The van der Waals surface area contributed by atoms with E-state index in [0.717, 1.165) is 30.3 Å². The van der Waals surface area contributed by atoms with Crippen LogP contribution >= 0.6 is 24.2 Å². The summed E-state index contributed by atoms with van der Waals surface area (Å²) in [6.45, 7) is 1.80. The van der Waals surface area contributed by atoms with Gasteiger partial charge in [-0.3, -0.25) is 4.79 Å². The molecule has 0 aliphatic carbocycles. The maximum Gasteiger partial charge on any atom is 0.254 e. The number of hydrogen-bond acceptors (Lipinski definition) is 4. The molecule has 25 heavy (non-hydrogen) atoms. The molecule has 1 saturated heterocycles.